The SMILES string of the molecule is CCCOC1CC(C=C(C)C2OC(=O)C3CCCCN3C(=O)C(O)C3(O)OC(C(OC)CC(C)C(F)/C(C)=C/C(CC)C(=O)CC(O)C2C)C(OC)CC3C)CCC1NC(C)=O. The summed E-state index contributed by atoms with van der Waals surface area (Å²) >= 11 is 0. The van der Waals surface area contributed by atoms with Crippen LogP contribution in [0.2, 0.25) is 0 Å². The van der Waals surface area contributed by atoms with Gasteiger partial charge in [0.25, 0.3) is 5.91 Å². The number of nitrogens with zero attached hydrogens (tertiary/aromatic N) is 1. The summed E-state index contributed by atoms with van der Waals surface area (Å²) in [5.41, 5.74) is 0.987. The van der Waals surface area contributed by atoms with Crippen molar-refractivity contribution in [2.24, 2.45) is 29.6 Å². The fraction of sp³-hybridized carbons (Fsp3) is 0.830. The maximum Gasteiger partial charge on any atom is 0.329 e. The molecule has 2 saturated heterocycles. The Hall–Kier alpha value is -2.79. The van der Waals surface area contributed by atoms with Gasteiger partial charge in [0.05, 0.1) is 30.5 Å². The number of rotatable bonds is 9. The fourth-order valence-corrected chi connectivity index (χ4v) is 10.1. The molecule has 354 valence electrons. The summed E-state index contributed by atoms with van der Waals surface area (Å²) < 4.78 is 46.7. The molecule has 3 heterocycles. The third-order valence-electron chi connectivity index (χ3n) is 13.9. The lowest BCUT2D eigenvalue weighted by atomic mass is 9.80. The van der Waals surface area contributed by atoms with Crippen LogP contribution in [0.25, 0.3) is 0 Å². The number of piperidine rings is 1. The molecule has 3 fully saturated rings. The second-order valence-electron chi connectivity index (χ2n) is 18.7. The van der Waals surface area contributed by atoms with Gasteiger partial charge in [0.2, 0.25) is 11.7 Å². The molecule has 16 unspecified atom stereocenters. The van der Waals surface area contributed by atoms with Crippen LogP contribution in [0.3, 0.4) is 0 Å². The smallest absolute Gasteiger partial charge is 0.329 e. The molecule has 0 aromatic rings. The number of nitrogens with one attached hydrogen (secondary N) is 1. The number of amides is 2. The second-order valence-corrected chi connectivity index (χ2v) is 18.7. The zero-order valence-corrected chi connectivity index (χ0v) is 38.8. The summed E-state index contributed by atoms with van der Waals surface area (Å²) in [4.78, 5) is 56.0. The van der Waals surface area contributed by atoms with E-state index in [2.05, 4.69) is 5.32 Å². The lowest BCUT2D eigenvalue weighted by Crippen LogP contribution is -2.66. The van der Waals surface area contributed by atoms with E-state index in [1.165, 1.54) is 26.0 Å². The molecule has 4 aliphatic rings. The molecule has 2 amide bonds. The van der Waals surface area contributed by atoms with Gasteiger partial charge in [-0.1, -0.05) is 46.8 Å². The predicted molar refractivity (Wildman–Crippen MR) is 230 cm³/mol. The quantitative estimate of drug-likeness (QED) is 0.177. The molecule has 15 heteroatoms. The lowest BCUT2D eigenvalue weighted by molar-refractivity contribution is -0.346. The Bertz CT molecular complexity index is 1580. The van der Waals surface area contributed by atoms with Crippen molar-refractivity contribution in [1.82, 2.24) is 10.2 Å². The van der Waals surface area contributed by atoms with E-state index >= 15 is 4.39 Å². The summed E-state index contributed by atoms with van der Waals surface area (Å²) in [7, 11) is 2.92. The number of aliphatic hydroxyl groups is 3. The highest BCUT2D eigenvalue weighted by Gasteiger charge is 2.56. The van der Waals surface area contributed by atoms with Crippen LogP contribution in [-0.2, 0) is 42.9 Å². The molecule has 2 bridgehead atoms. The largest absolute Gasteiger partial charge is 0.456 e. The van der Waals surface area contributed by atoms with E-state index in [4.69, 9.17) is 23.7 Å². The number of esters is 1. The summed E-state index contributed by atoms with van der Waals surface area (Å²) in [5, 5.41) is 38.8. The normalized spacial score (nSPS) is 41.0. The minimum absolute atomic E-state index is 0.0225. The number of hydrogen-bond acceptors (Lipinski definition) is 12. The van der Waals surface area contributed by atoms with Gasteiger partial charge >= 0.3 is 5.97 Å². The molecule has 4 rings (SSSR count). The number of ketones is 1. The number of fused-ring (bicyclic) bond motifs is 3. The second kappa shape index (κ2) is 23.4. The third-order valence-corrected chi connectivity index (χ3v) is 13.9. The molecular formula is C47H77FN2O12. The van der Waals surface area contributed by atoms with E-state index in [9.17, 15) is 34.5 Å². The first-order valence-electron chi connectivity index (χ1n) is 23.1. The summed E-state index contributed by atoms with van der Waals surface area (Å²) in [5.74, 6) is -7.44. The van der Waals surface area contributed by atoms with Gasteiger partial charge in [0.1, 0.15) is 30.2 Å². The molecule has 0 spiro atoms. The predicted octanol–water partition coefficient (Wildman–Crippen LogP) is 5.14. The number of Topliss-reactive ketones (excluding diaryl/α,β-unsaturated/α-hetero) is 1. The van der Waals surface area contributed by atoms with E-state index in [-0.39, 0.29) is 62.0 Å². The van der Waals surface area contributed by atoms with Crippen molar-refractivity contribution >= 4 is 23.6 Å². The van der Waals surface area contributed by atoms with E-state index < -0.39 is 90.2 Å². The summed E-state index contributed by atoms with van der Waals surface area (Å²) in [6, 6.07) is -1.28. The lowest BCUT2D eigenvalue weighted by Gasteiger charge is -2.49. The van der Waals surface area contributed by atoms with Gasteiger partial charge in [-0.2, -0.15) is 0 Å². The van der Waals surface area contributed by atoms with Crippen LogP contribution < -0.4 is 5.32 Å². The molecule has 0 radical (unpaired) electrons. The van der Waals surface area contributed by atoms with Crippen molar-refractivity contribution in [1.29, 1.82) is 0 Å². The maximum absolute atomic E-state index is 16.3. The number of carbonyl (C=O) groups is 4. The molecule has 4 N–H and O–H groups in total. The standard InChI is InChI=1S/C47H77FN2O12/c1-11-19-60-38-24-32(16-17-34(38)49-31(8)51)20-28(5)42-30(7)36(52)25-37(53)33(12-2)21-26(3)41(48)27(4)22-39(58-9)43-40(59-10)23-29(6)47(57,62-43)44(54)45(55)50-18-14-13-15-35(50)46(56)61-42/h20-21,27,29-30,32-36,38-44,52,54,57H,11-19,22-25H2,1-10H3,(H,49,51)/b26-21+,28-20?. The summed E-state index contributed by atoms with van der Waals surface area (Å²) in [6.45, 7) is 14.5. The Kier molecular flexibility index (Phi) is 19.6. The average Bonchev–Trinajstić information content (AvgIpc) is 3.25. The summed E-state index contributed by atoms with van der Waals surface area (Å²) in [6.07, 6.45) is -0.440. The van der Waals surface area contributed by atoms with E-state index in [1.54, 1.807) is 33.8 Å². The van der Waals surface area contributed by atoms with Crippen molar-refractivity contribution in [3.63, 3.8) is 0 Å². The van der Waals surface area contributed by atoms with Crippen LogP contribution >= 0.6 is 0 Å². The molecule has 16 atom stereocenters. The highest BCUT2D eigenvalue weighted by atomic mass is 19.1. The fourth-order valence-electron chi connectivity index (χ4n) is 10.1. The van der Waals surface area contributed by atoms with Gasteiger partial charge in [-0.3, -0.25) is 14.4 Å². The Labute approximate surface area is 368 Å². The van der Waals surface area contributed by atoms with Crippen molar-refractivity contribution in [2.75, 3.05) is 27.4 Å². The first-order valence-corrected chi connectivity index (χ1v) is 23.1. The van der Waals surface area contributed by atoms with Crippen molar-refractivity contribution < 1.29 is 62.6 Å². The van der Waals surface area contributed by atoms with E-state index in [1.807, 2.05) is 26.8 Å². The monoisotopic (exact) mass is 881 g/mol. The van der Waals surface area contributed by atoms with Crippen molar-refractivity contribution in [3.8, 4) is 0 Å². The van der Waals surface area contributed by atoms with Crippen LogP contribution in [0, 0.1) is 29.6 Å². The number of methoxy groups -OCH3 is 2. The maximum atomic E-state index is 16.3. The van der Waals surface area contributed by atoms with Crippen LogP contribution in [0.4, 0.5) is 4.39 Å². The third kappa shape index (κ3) is 12.5. The topological polar surface area (TPSA) is 190 Å². The first-order chi connectivity index (χ1) is 29.3. The molecule has 3 aliphatic heterocycles. The Morgan fingerprint density at radius 1 is 1.00 bits per heavy atom. The van der Waals surface area contributed by atoms with Crippen LogP contribution in [0.5, 0.6) is 0 Å². The highest BCUT2D eigenvalue weighted by Crippen LogP contribution is 2.41. The van der Waals surface area contributed by atoms with Gasteiger partial charge in [0.15, 0.2) is 6.10 Å². The van der Waals surface area contributed by atoms with Crippen LogP contribution in [-0.4, -0.2) is 138 Å². The van der Waals surface area contributed by atoms with Crippen LogP contribution in [0.1, 0.15) is 126 Å². The number of carbonyl (C=O) groups excluding carboxylic acids is 4. The number of ether oxygens (including phenoxy) is 5. The number of allylic oxidation sites excluding steroid dienone is 3. The highest BCUT2D eigenvalue weighted by molar-refractivity contribution is 5.88. The van der Waals surface area contributed by atoms with Gasteiger partial charge in [-0.15, -0.1) is 0 Å². The van der Waals surface area contributed by atoms with Gasteiger partial charge in [-0.05, 0) is 101 Å². The molecule has 0 aromatic heterocycles. The minimum atomic E-state index is -2.42. The van der Waals surface area contributed by atoms with Crippen molar-refractivity contribution in [2.45, 2.75) is 193 Å². The Morgan fingerprint density at radius 3 is 2.31 bits per heavy atom. The first kappa shape index (κ1) is 51.8. The Morgan fingerprint density at radius 2 is 1.68 bits per heavy atom. The van der Waals surface area contributed by atoms with Crippen molar-refractivity contribution in [3.05, 3.63) is 23.3 Å². The van der Waals surface area contributed by atoms with Gasteiger partial charge < -0.3 is 49.2 Å². The number of halogens is 1. The molecule has 1 aliphatic carbocycles. The van der Waals surface area contributed by atoms with Crippen LogP contribution in [0.15, 0.2) is 23.3 Å². The average molecular weight is 881 g/mol. The number of cyclic esters (lactones) is 1. The number of hydrogen-bond donors (Lipinski definition) is 4. The number of alkyl halides is 1. The van der Waals surface area contributed by atoms with Gasteiger partial charge in [0, 0.05) is 58.5 Å². The zero-order chi connectivity index (χ0) is 46.1. The van der Waals surface area contributed by atoms with E-state index in [0.717, 1.165) is 6.42 Å². The molecule has 62 heavy (non-hydrogen) atoms. The molecule has 0 aromatic carbocycles. The van der Waals surface area contributed by atoms with Gasteiger partial charge in [-0.25, -0.2) is 9.18 Å². The Balaban J connectivity index is 1.77. The number of aliphatic hydroxyl groups excluding tert-OH is 2. The molecular weight excluding hydrogens is 804 g/mol. The zero-order valence-electron chi connectivity index (χ0n) is 38.8. The molecule has 14 nitrogen and oxygen atoms in total. The minimum Gasteiger partial charge on any atom is -0.456 e. The van der Waals surface area contributed by atoms with E-state index in [0.29, 0.717) is 56.3 Å². The molecule has 1 saturated carbocycles.